The van der Waals surface area contributed by atoms with Crippen molar-refractivity contribution in [3.8, 4) is 56.0 Å². The minimum Gasteiger partial charge on any atom is -0.456 e. The number of hydrogen-bond acceptors (Lipinski definition) is 1. The average Bonchev–Trinajstić information content (AvgIpc) is 3.59. The molecule has 0 amide bonds. The van der Waals surface area contributed by atoms with Crippen molar-refractivity contribution in [1.29, 1.82) is 0 Å². The van der Waals surface area contributed by atoms with Crippen LogP contribution in [-0.2, 0) is 5.41 Å². The van der Waals surface area contributed by atoms with Crippen LogP contribution in [0.4, 0.5) is 0 Å². The lowest BCUT2D eigenvalue weighted by Crippen LogP contribution is -2.26. The van der Waals surface area contributed by atoms with E-state index in [9.17, 15) is 0 Å². The molecule has 0 fully saturated rings. The summed E-state index contributed by atoms with van der Waals surface area (Å²) in [7, 11) is 0. The van der Waals surface area contributed by atoms with Crippen LogP contribution in [-0.4, -0.2) is 0 Å². The van der Waals surface area contributed by atoms with Crippen LogP contribution < -0.4 is 4.74 Å². The van der Waals surface area contributed by atoms with Gasteiger partial charge in [-0.2, -0.15) is 0 Å². The number of ether oxygens (including phenoxy) is 1. The highest BCUT2D eigenvalue weighted by molar-refractivity contribution is 6.06. The molecule has 1 heterocycles. The summed E-state index contributed by atoms with van der Waals surface area (Å²) >= 11 is 0. The molecular weight excluding hydrogens is 556 g/mol. The third-order valence-corrected chi connectivity index (χ3v) is 10.7. The van der Waals surface area contributed by atoms with Crippen molar-refractivity contribution in [3.63, 3.8) is 0 Å². The number of fused-ring (bicyclic) bond motifs is 14. The van der Waals surface area contributed by atoms with Crippen LogP contribution >= 0.6 is 0 Å². The first kappa shape index (κ1) is 24.4. The average molecular weight is 583 g/mol. The molecule has 2 aliphatic carbocycles. The monoisotopic (exact) mass is 582 g/mol. The van der Waals surface area contributed by atoms with Gasteiger partial charge in [0.25, 0.3) is 0 Å². The summed E-state index contributed by atoms with van der Waals surface area (Å²) in [5.74, 6) is 1.84. The summed E-state index contributed by atoms with van der Waals surface area (Å²) in [6.07, 6.45) is 0. The Labute approximate surface area is 267 Å². The lowest BCUT2D eigenvalue weighted by Gasteiger charge is -2.31. The van der Waals surface area contributed by atoms with Gasteiger partial charge in [-0.25, -0.2) is 0 Å². The van der Waals surface area contributed by atoms with E-state index in [1.54, 1.807) is 0 Å². The molecule has 1 spiro atoms. The van der Waals surface area contributed by atoms with E-state index in [4.69, 9.17) is 4.74 Å². The maximum absolute atomic E-state index is 6.43. The smallest absolute Gasteiger partial charge is 0.135 e. The van der Waals surface area contributed by atoms with E-state index < -0.39 is 0 Å². The summed E-state index contributed by atoms with van der Waals surface area (Å²) in [6, 6.07) is 58.3. The first-order valence-corrected chi connectivity index (χ1v) is 16.0. The molecule has 0 N–H and O–H groups in total. The van der Waals surface area contributed by atoms with Gasteiger partial charge in [0.05, 0.1) is 5.41 Å². The van der Waals surface area contributed by atoms with Crippen LogP contribution in [0.25, 0.3) is 66.1 Å². The van der Waals surface area contributed by atoms with Gasteiger partial charge >= 0.3 is 0 Å². The van der Waals surface area contributed by atoms with Gasteiger partial charge in [0.2, 0.25) is 0 Å². The molecule has 1 atom stereocenters. The lowest BCUT2D eigenvalue weighted by atomic mass is 9.69. The standard InChI is InChI=1S/C45H26O/c1-2-12-31-27(9-1)19-22-35-32-13-3-5-16-38(32)45(44(31)35)39-17-6-4-14-33(39)36-25-29(20-23-40(36)45)30-21-24-41-37(26-30)34-15-7-10-28-11-8-18-42(46-41)43(28)34/h1-26H. The molecule has 46 heavy (non-hydrogen) atoms. The topological polar surface area (TPSA) is 9.23 Å². The van der Waals surface area contributed by atoms with Crippen LogP contribution in [0.15, 0.2) is 158 Å². The molecule has 212 valence electrons. The molecule has 11 rings (SSSR count). The molecule has 8 aromatic carbocycles. The Bertz CT molecular complexity index is 2620. The molecule has 3 aliphatic rings. The zero-order chi connectivity index (χ0) is 30.0. The van der Waals surface area contributed by atoms with Gasteiger partial charge in [0.1, 0.15) is 11.5 Å². The molecule has 1 unspecified atom stereocenters. The predicted molar refractivity (Wildman–Crippen MR) is 189 cm³/mol. The van der Waals surface area contributed by atoms with Crippen LogP contribution in [0.5, 0.6) is 11.5 Å². The normalized spacial score (nSPS) is 16.1. The Kier molecular flexibility index (Phi) is 4.57. The van der Waals surface area contributed by atoms with Gasteiger partial charge in [-0.15, -0.1) is 0 Å². The second kappa shape index (κ2) is 8.62. The van der Waals surface area contributed by atoms with E-state index in [-0.39, 0.29) is 5.41 Å². The Balaban J connectivity index is 1.17. The van der Waals surface area contributed by atoms with Crippen molar-refractivity contribution < 1.29 is 4.74 Å². The SMILES string of the molecule is c1ccc2c(c1)-c1cc(-c3ccc4c(c3)-c3cccc5cccc(c35)O4)ccc1C21c2ccccc2-c2ccc3ccccc3c21. The Morgan fingerprint density at radius 1 is 0.370 bits per heavy atom. The van der Waals surface area contributed by atoms with Gasteiger partial charge in [-0.05, 0) is 102 Å². The molecule has 0 bridgehead atoms. The fourth-order valence-corrected chi connectivity index (χ4v) is 8.85. The van der Waals surface area contributed by atoms with Crippen molar-refractivity contribution in [2.75, 3.05) is 0 Å². The van der Waals surface area contributed by atoms with Crippen molar-refractivity contribution in [3.05, 3.63) is 180 Å². The molecule has 8 aromatic rings. The first-order valence-electron chi connectivity index (χ1n) is 16.0. The van der Waals surface area contributed by atoms with E-state index in [2.05, 4.69) is 158 Å². The molecule has 0 aromatic heterocycles. The molecule has 1 heteroatoms. The zero-order valence-corrected chi connectivity index (χ0v) is 24.9. The Morgan fingerprint density at radius 3 is 1.85 bits per heavy atom. The lowest BCUT2D eigenvalue weighted by molar-refractivity contribution is 0.487. The van der Waals surface area contributed by atoms with Gasteiger partial charge in [-0.3, -0.25) is 0 Å². The van der Waals surface area contributed by atoms with Gasteiger partial charge < -0.3 is 4.74 Å². The summed E-state index contributed by atoms with van der Waals surface area (Å²) in [4.78, 5) is 0. The summed E-state index contributed by atoms with van der Waals surface area (Å²) < 4.78 is 6.43. The van der Waals surface area contributed by atoms with E-state index in [0.717, 1.165) is 17.1 Å². The minimum absolute atomic E-state index is 0.375. The van der Waals surface area contributed by atoms with E-state index in [1.807, 2.05) is 0 Å². The van der Waals surface area contributed by atoms with Gasteiger partial charge in [0, 0.05) is 10.9 Å². The Hall–Kier alpha value is -5.92. The fraction of sp³-hybridized carbons (Fsp3) is 0.0222. The van der Waals surface area contributed by atoms with Crippen molar-refractivity contribution >= 4 is 21.5 Å². The van der Waals surface area contributed by atoms with Crippen LogP contribution in [0, 0.1) is 0 Å². The molecule has 1 nitrogen and oxygen atoms in total. The molecular formula is C45H26O. The predicted octanol–water partition coefficient (Wildman–Crippen LogP) is 11.8. The summed E-state index contributed by atoms with van der Waals surface area (Å²) in [5.41, 5.74) is 15.2. The second-order valence-corrected chi connectivity index (χ2v) is 12.8. The maximum atomic E-state index is 6.43. The number of hydrogen-bond donors (Lipinski definition) is 0. The van der Waals surface area contributed by atoms with Crippen molar-refractivity contribution in [2.24, 2.45) is 0 Å². The maximum Gasteiger partial charge on any atom is 0.135 e. The Morgan fingerprint density at radius 2 is 1.00 bits per heavy atom. The zero-order valence-electron chi connectivity index (χ0n) is 24.9. The third-order valence-electron chi connectivity index (χ3n) is 10.7. The van der Waals surface area contributed by atoms with Gasteiger partial charge in [-0.1, -0.05) is 133 Å². The van der Waals surface area contributed by atoms with E-state index in [1.165, 1.54) is 82.7 Å². The third kappa shape index (κ3) is 2.91. The summed E-state index contributed by atoms with van der Waals surface area (Å²) in [6.45, 7) is 0. The largest absolute Gasteiger partial charge is 0.456 e. The first-order chi connectivity index (χ1) is 22.8. The quantitative estimate of drug-likeness (QED) is 0.187. The van der Waals surface area contributed by atoms with E-state index in [0.29, 0.717) is 0 Å². The molecule has 0 radical (unpaired) electrons. The number of benzene rings is 8. The van der Waals surface area contributed by atoms with Crippen molar-refractivity contribution in [2.45, 2.75) is 5.41 Å². The minimum atomic E-state index is -0.375. The van der Waals surface area contributed by atoms with Crippen LogP contribution in [0.2, 0.25) is 0 Å². The summed E-state index contributed by atoms with van der Waals surface area (Å²) in [5, 5.41) is 5.00. The van der Waals surface area contributed by atoms with Crippen LogP contribution in [0.1, 0.15) is 22.3 Å². The van der Waals surface area contributed by atoms with Crippen molar-refractivity contribution in [1.82, 2.24) is 0 Å². The highest BCUT2D eigenvalue weighted by atomic mass is 16.5. The molecule has 0 saturated carbocycles. The fourth-order valence-electron chi connectivity index (χ4n) is 8.85. The second-order valence-electron chi connectivity index (χ2n) is 12.8. The highest BCUT2D eigenvalue weighted by Gasteiger charge is 2.52. The van der Waals surface area contributed by atoms with Crippen LogP contribution in [0.3, 0.4) is 0 Å². The molecule has 1 aliphatic heterocycles. The van der Waals surface area contributed by atoms with Gasteiger partial charge in [0.15, 0.2) is 0 Å². The molecule has 0 saturated heterocycles. The highest BCUT2D eigenvalue weighted by Crippen LogP contribution is 2.64. The number of rotatable bonds is 1. The van der Waals surface area contributed by atoms with E-state index >= 15 is 0 Å².